The number of hydrogen-bond donors (Lipinski definition) is 8. The maximum Gasteiger partial charge on any atom is 0.472 e. The van der Waals surface area contributed by atoms with Crippen LogP contribution in [0.25, 0.3) is 0 Å². The zero-order valence-corrected chi connectivity index (χ0v) is 34.2. The summed E-state index contributed by atoms with van der Waals surface area (Å²) in [5, 5.41) is 63.9. The van der Waals surface area contributed by atoms with Crippen LogP contribution >= 0.6 is 7.82 Å². The molecule has 0 aromatic rings. The smallest absolute Gasteiger partial charge is 0.391 e. The van der Waals surface area contributed by atoms with Gasteiger partial charge in [-0.2, -0.15) is 0 Å². The van der Waals surface area contributed by atoms with E-state index in [1.807, 2.05) is 0 Å². The fourth-order valence-electron chi connectivity index (χ4n) is 7.08. The number of aliphatic hydroxyl groups is 6. The van der Waals surface area contributed by atoms with Crippen molar-refractivity contribution in [3.63, 3.8) is 0 Å². The second kappa shape index (κ2) is 31.4. The zero-order valence-electron chi connectivity index (χ0n) is 33.3. The first-order chi connectivity index (χ1) is 25.4. The number of rotatable bonds is 35. The van der Waals surface area contributed by atoms with Gasteiger partial charge in [0.05, 0.1) is 18.8 Å². The van der Waals surface area contributed by atoms with Gasteiger partial charge in [-0.3, -0.25) is 13.8 Å². The van der Waals surface area contributed by atoms with E-state index >= 15 is 0 Å². The maximum absolute atomic E-state index is 12.9. The minimum Gasteiger partial charge on any atom is -0.391 e. The molecule has 1 saturated carbocycles. The molecule has 316 valence electrons. The van der Waals surface area contributed by atoms with Gasteiger partial charge >= 0.3 is 7.82 Å². The van der Waals surface area contributed by atoms with E-state index in [1.54, 1.807) is 0 Å². The highest BCUT2D eigenvalue weighted by molar-refractivity contribution is 7.47. The fourth-order valence-corrected chi connectivity index (χ4v) is 8.05. The van der Waals surface area contributed by atoms with Crippen LogP contribution in [0.3, 0.4) is 0 Å². The van der Waals surface area contributed by atoms with Gasteiger partial charge < -0.3 is 40.8 Å². The monoisotopic (exact) mass is 782 g/mol. The average Bonchev–Trinajstić information content (AvgIpc) is 3.13. The Kier molecular flexibility index (Phi) is 29.9. The number of unbranched alkanes of at least 4 members (excludes halogenated alkanes) is 24. The Balaban J connectivity index is 2.51. The average molecular weight is 782 g/mol. The van der Waals surface area contributed by atoms with E-state index in [0.717, 1.165) is 38.5 Å². The molecule has 9 atom stereocenters. The molecule has 0 heterocycles. The van der Waals surface area contributed by atoms with E-state index < -0.39 is 63.2 Å². The van der Waals surface area contributed by atoms with E-state index in [9.17, 15) is 44.9 Å². The predicted octanol–water partition coefficient (Wildman–Crippen LogP) is 7.12. The molecular formula is C40H80NO11P. The van der Waals surface area contributed by atoms with E-state index in [4.69, 9.17) is 9.05 Å². The number of carbonyl (C=O) groups is 1. The Morgan fingerprint density at radius 3 is 1.30 bits per heavy atom. The summed E-state index contributed by atoms with van der Waals surface area (Å²) in [7, 11) is -5.04. The largest absolute Gasteiger partial charge is 0.472 e. The van der Waals surface area contributed by atoms with Crippen LogP contribution < -0.4 is 5.32 Å². The molecule has 0 radical (unpaired) electrons. The molecule has 6 unspecified atom stereocenters. The molecule has 1 fully saturated rings. The van der Waals surface area contributed by atoms with Gasteiger partial charge in [-0.1, -0.05) is 174 Å². The fraction of sp³-hybridized carbons (Fsp3) is 0.975. The Morgan fingerprint density at radius 2 is 0.906 bits per heavy atom. The van der Waals surface area contributed by atoms with Crippen LogP contribution in [-0.2, 0) is 18.4 Å². The Hall–Kier alpha value is -0.660. The van der Waals surface area contributed by atoms with Gasteiger partial charge in [0.25, 0.3) is 0 Å². The standard InChI is InChI=1S/C40H80NO11P/c1-3-5-7-9-11-13-15-17-18-19-21-23-25-27-29-33(42)32(41-34(43)30-28-26-24-22-20-16-14-12-10-8-6-4-2)31-51-53(49,50)52-40-38(47)36(45)35(44)37(46)39(40)48/h32-33,35-40,42,44-48H,3-31H2,1-2H3,(H,41,43)(H,49,50)/t32-,33+,35?,36+,37?,38?,39?,40?/m0/s1. The molecule has 0 aromatic heterocycles. The van der Waals surface area contributed by atoms with Gasteiger partial charge in [-0.25, -0.2) is 4.57 Å². The molecule has 1 amide bonds. The molecular weight excluding hydrogens is 701 g/mol. The molecule has 8 N–H and O–H groups in total. The summed E-state index contributed by atoms with van der Waals surface area (Å²) in [4.78, 5) is 23.3. The lowest BCUT2D eigenvalue weighted by molar-refractivity contribution is -0.220. The van der Waals surface area contributed by atoms with Crippen LogP contribution in [0.5, 0.6) is 0 Å². The van der Waals surface area contributed by atoms with Crippen LogP contribution in [0.15, 0.2) is 0 Å². The van der Waals surface area contributed by atoms with Crippen LogP contribution in [0.2, 0.25) is 0 Å². The maximum atomic E-state index is 12.9. The highest BCUT2D eigenvalue weighted by Crippen LogP contribution is 2.47. The molecule has 12 nitrogen and oxygen atoms in total. The minimum atomic E-state index is -5.04. The van der Waals surface area contributed by atoms with Crippen molar-refractivity contribution in [2.24, 2.45) is 0 Å². The summed E-state index contributed by atoms with van der Waals surface area (Å²) in [6.07, 6.45) is 18.5. The van der Waals surface area contributed by atoms with Crippen molar-refractivity contribution in [2.45, 2.75) is 242 Å². The summed E-state index contributed by atoms with van der Waals surface area (Å²) in [6.45, 7) is 3.87. The Labute approximate surface area is 321 Å². The molecule has 0 bridgehead atoms. The Morgan fingerprint density at radius 1 is 0.566 bits per heavy atom. The summed E-state index contributed by atoms with van der Waals surface area (Å²) in [5.74, 6) is -0.308. The first-order valence-electron chi connectivity index (χ1n) is 21.5. The van der Waals surface area contributed by atoms with E-state index in [2.05, 4.69) is 19.2 Å². The molecule has 53 heavy (non-hydrogen) atoms. The molecule has 0 aromatic carbocycles. The van der Waals surface area contributed by atoms with E-state index in [1.165, 1.54) is 116 Å². The lowest BCUT2D eigenvalue weighted by atomic mass is 9.85. The first-order valence-corrected chi connectivity index (χ1v) is 23.0. The van der Waals surface area contributed by atoms with Crippen molar-refractivity contribution in [3.05, 3.63) is 0 Å². The number of amides is 1. The summed E-state index contributed by atoms with van der Waals surface area (Å²) >= 11 is 0. The summed E-state index contributed by atoms with van der Waals surface area (Å²) < 4.78 is 22.9. The van der Waals surface area contributed by atoms with Crippen LogP contribution in [0.4, 0.5) is 0 Å². The topological polar surface area (TPSA) is 206 Å². The van der Waals surface area contributed by atoms with Gasteiger partial charge in [0.15, 0.2) is 0 Å². The van der Waals surface area contributed by atoms with Gasteiger partial charge in [0, 0.05) is 6.42 Å². The lowest BCUT2D eigenvalue weighted by Crippen LogP contribution is -2.64. The number of phosphoric ester groups is 1. The first kappa shape index (κ1) is 50.4. The SMILES string of the molecule is CCCCCCCCCCCCCCCC[C@@H](O)[C@H](COP(=O)(O)OC1C(O)C(O)C(O)[C@@H](O)C1O)NC(=O)CCCCCCCCCCCCCC. The molecule has 1 aliphatic carbocycles. The Bertz CT molecular complexity index is 915. The van der Waals surface area contributed by atoms with Gasteiger partial charge in [0.1, 0.15) is 36.6 Å². The number of hydrogen-bond acceptors (Lipinski definition) is 10. The highest BCUT2D eigenvalue weighted by atomic mass is 31.2. The molecule has 13 heteroatoms. The van der Waals surface area contributed by atoms with E-state index in [-0.39, 0.29) is 12.3 Å². The second-order valence-electron chi connectivity index (χ2n) is 15.6. The van der Waals surface area contributed by atoms with Crippen LogP contribution in [0, 0.1) is 0 Å². The highest BCUT2D eigenvalue weighted by Gasteiger charge is 2.51. The van der Waals surface area contributed by atoms with Crippen molar-refractivity contribution in [2.75, 3.05) is 6.61 Å². The normalized spacial score (nSPS) is 24.2. The van der Waals surface area contributed by atoms with Crippen molar-refractivity contribution in [3.8, 4) is 0 Å². The van der Waals surface area contributed by atoms with Crippen LogP contribution in [0.1, 0.15) is 194 Å². The quantitative estimate of drug-likeness (QED) is 0.0240. The predicted molar refractivity (Wildman–Crippen MR) is 209 cm³/mol. The van der Waals surface area contributed by atoms with Crippen molar-refractivity contribution in [1.82, 2.24) is 5.32 Å². The number of nitrogens with one attached hydrogen (secondary N) is 1. The molecule has 1 aliphatic rings. The van der Waals surface area contributed by atoms with Gasteiger partial charge in [-0.05, 0) is 12.8 Å². The third kappa shape index (κ3) is 23.9. The van der Waals surface area contributed by atoms with Crippen molar-refractivity contribution < 1.29 is 53.9 Å². The van der Waals surface area contributed by atoms with Crippen LogP contribution in [-0.4, -0.2) is 96.8 Å². The molecule has 0 saturated heterocycles. The van der Waals surface area contributed by atoms with Gasteiger partial charge in [0.2, 0.25) is 5.91 Å². The zero-order chi connectivity index (χ0) is 39.3. The van der Waals surface area contributed by atoms with Crippen molar-refractivity contribution in [1.29, 1.82) is 0 Å². The number of phosphoric acid groups is 1. The lowest BCUT2D eigenvalue weighted by Gasteiger charge is -2.41. The number of carbonyl (C=O) groups excluding carboxylic acids is 1. The third-order valence-electron chi connectivity index (χ3n) is 10.7. The minimum absolute atomic E-state index is 0.241. The van der Waals surface area contributed by atoms with E-state index in [0.29, 0.717) is 19.3 Å². The second-order valence-corrected chi connectivity index (χ2v) is 17.0. The molecule has 1 rings (SSSR count). The number of aliphatic hydroxyl groups excluding tert-OH is 6. The summed E-state index contributed by atoms with van der Waals surface area (Å²) in [5.41, 5.74) is 0. The van der Waals surface area contributed by atoms with Gasteiger partial charge in [-0.15, -0.1) is 0 Å². The molecule has 0 spiro atoms. The third-order valence-corrected chi connectivity index (χ3v) is 11.7. The molecule has 0 aliphatic heterocycles. The summed E-state index contributed by atoms with van der Waals surface area (Å²) in [6, 6.07) is -1.02. The van der Waals surface area contributed by atoms with Crippen molar-refractivity contribution >= 4 is 13.7 Å².